The molecule has 0 N–H and O–H groups in total. The summed E-state index contributed by atoms with van der Waals surface area (Å²) in [7, 11) is 5.89. The number of rotatable bonds is 38. The number of quaternary nitrogens is 1. The van der Waals surface area contributed by atoms with Crippen molar-refractivity contribution in [2.75, 3.05) is 47.5 Å². The third-order valence-electron chi connectivity index (χ3n) is 8.75. The molecule has 2 atom stereocenters. The van der Waals surface area contributed by atoms with Crippen molar-refractivity contribution in [3.05, 3.63) is 60.8 Å². The summed E-state index contributed by atoms with van der Waals surface area (Å²) in [5.74, 6) is -2.34. The maximum Gasteiger partial charge on any atom is 0.306 e. The third kappa shape index (κ3) is 39.0. The van der Waals surface area contributed by atoms with Crippen LogP contribution in [-0.4, -0.2) is 82.3 Å². The number of esters is 2. The molecule has 0 aliphatic rings. The third-order valence-corrected chi connectivity index (χ3v) is 8.75. The average Bonchev–Trinajstić information content (AvgIpc) is 3.14. The van der Waals surface area contributed by atoms with Crippen molar-refractivity contribution in [3.8, 4) is 0 Å². The standard InChI is InChI=1S/C46H79NO8/c1-6-8-10-12-14-16-18-20-22-24-26-28-30-32-34-36-43(48)53-40-42(41-54-46(45(50)51)52-39-38-47(3,4)5)55-44(49)37-35-33-31-29-27-25-23-21-19-17-15-13-11-9-7-2/h9,11,14-17,20-23,42,46H,6-8,10,12-13,18-19,24-41H2,1-5H3/b11-9-,16-14-,17-15-,22-20-,23-21-. The van der Waals surface area contributed by atoms with Gasteiger partial charge < -0.3 is 33.3 Å². The second kappa shape index (κ2) is 37.9. The lowest BCUT2D eigenvalue weighted by Gasteiger charge is -2.26. The van der Waals surface area contributed by atoms with Gasteiger partial charge in [-0.2, -0.15) is 0 Å². The summed E-state index contributed by atoms with van der Waals surface area (Å²) in [4.78, 5) is 36.9. The van der Waals surface area contributed by atoms with Gasteiger partial charge in [-0.15, -0.1) is 0 Å². The molecule has 55 heavy (non-hydrogen) atoms. The highest BCUT2D eigenvalue weighted by atomic mass is 16.7. The SMILES string of the molecule is CC/C=C\C/C=C\C/C=C\CCCCCCCC(=O)OC(COC(=O)CCCCCCC/C=C\C/C=C\CCCCC)COC(OCC[N+](C)(C)C)C(=O)[O-]. The second-order valence-electron chi connectivity index (χ2n) is 15.2. The number of carboxylic acid groups (broad SMARTS) is 1. The van der Waals surface area contributed by atoms with Crippen LogP contribution in [0.5, 0.6) is 0 Å². The molecule has 0 fully saturated rings. The van der Waals surface area contributed by atoms with Gasteiger partial charge in [0.2, 0.25) is 0 Å². The number of carboxylic acids is 1. The van der Waals surface area contributed by atoms with Crippen LogP contribution in [0.25, 0.3) is 0 Å². The quantitative estimate of drug-likeness (QED) is 0.0201. The van der Waals surface area contributed by atoms with Gasteiger partial charge in [0, 0.05) is 12.8 Å². The largest absolute Gasteiger partial charge is 0.545 e. The average molecular weight is 774 g/mol. The van der Waals surface area contributed by atoms with Crippen LogP contribution >= 0.6 is 0 Å². The number of ether oxygens (including phenoxy) is 4. The van der Waals surface area contributed by atoms with Gasteiger partial charge in [-0.25, -0.2) is 0 Å². The zero-order valence-electron chi connectivity index (χ0n) is 35.5. The Kier molecular flexibility index (Phi) is 35.8. The summed E-state index contributed by atoms with van der Waals surface area (Å²) in [5.41, 5.74) is 0. The number of carbonyl (C=O) groups excluding carboxylic acids is 3. The maximum atomic E-state index is 12.7. The number of carbonyl (C=O) groups is 3. The van der Waals surface area contributed by atoms with Gasteiger partial charge in [0.05, 0.1) is 40.3 Å². The molecule has 316 valence electrons. The van der Waals surface area contributed by atoms with Crippen LogP contribution < -0.4 is 5.11 Å². The van der Waals surface area contributed by atoms with Gasteiger partial charge in [-0.3, -0.25) is 9.59 Å². The van der Waals surface area contributed by atoms with E-state index in [4.69, 9.17) is 18.9 Å². The molecule has 0 aromatic heterocycles. The van der Waals surface area contributed by atoms with Gasteiger partial charge in [0.1, 0.15) is 13.2 Å². The maximum absolute atomic E-state index is 12.7. The lowest BCUT2D eigenvalue weighted by Crippen LogP contribution is -2.44. The lowest BCUT2D eigenvalue weighted by molar-refractivity contribution is -0.870. The molecule has 0 radical (unpaired) electrons. The predicted molar refractivity (Wildman–Crippen MR) is 223 cm³/mol. The van der Waals surface area contributed by atoms with Crippen LogP contribution in [0.4, 0.5) is 0 Å². The molecule has 0 amide bonds. The number of hydrogen-bond acceptors (Lipinski definition) is 8. The fourth-order valence-electron chi connectivity index (χ4n) is 5.40. The Morgan fingerprint density at radius 1 is 0.564 bits per heavy atom. The van der Waals surface area contributed by atoms with Crippen molar-refractivity contribution in [3.63, 3.8) is 0 Å². The lowest BCUT2D eigenvalue weighted by atomic mass is 10.1. The molecule has 0 aliphatic heterocycles. The zero-order valence-corrected chi connectivity index (χ0v) is 35.5. The molecule has 0 heterocycles. The number of nitrogens with zero attached hydrogens (tertiary/aromatic N) is 1. The number of unbranched alkanes of at least 4 members (excludes halogenated alkanes) is 13. The van der Waals surface area contributed by atoms with Crippen LogP contribution in [-0.2, 0) is 33.3 Å². The van der Waals surface area contributed by atoms with Crippen molar-refractivity contribution < 1.29 is 42.9 Å². The predicted octanol–water partition coefficient (Wildman–Crippen LogP) is 9.66. The summed E-state index contributed by atoms with van der Waals surface area (Å²) in [6.07, 6.45) is 41.0. The fraction of sp³-hybridized carbons (Fsp3) is 0.717. The summed E-state index contributed by atoms with van der Waals surface area (Å²) in [6.45, 7) is 4.54. The van der Waals surface area contributed by atoms with Gasteiger partial charge in [-0.1, -0.05) is 126 Å². The van der Waals surface area contributed by atoms with E-state index in [1.165, 1.54) is 25.7 Å². The monoisotopic (exact) mass is 774 g/mol. The first-order chi connectivity index (χ1) is 26.6. The highest BCUT2D eigenvalue weighted by molar-refractivity contribution is 5.70. The summed E-state index contributed by atoms with van der Waals surface area (Å²) >= 11 is 0. The molecule has 0 bridgehead atoms. The van der Waals surface area contributed by atoms with E-state index in [1.54, 1.807) is 0 Å². The minimum absolute atomic E-state index is 0.139. The second-order valence-corrected chi connectivity index (χ2v) is 15.2. The van der Waals surface area contributed by atoms with Gasteiger partial charge in [0.25, 0.3) is 0 Å². The fourth-order valence-corrected chi connectivity index (χ4v) is 5.40. The molecule has 0 rings (SSSR count). The molecule has 0 aromatic rings. The van der Waals surface area contributed by atoms with Crippen LogP contribution in [0.15, 0.2) is 60.8 Å². The Labute approximate surface area is 335 Å². The van der Waals surface area contributed by atoms with Crippen LogP contribution in [0.1, 0.15) is 155 Å². The molecule has 9 nitrogen and oxygen atoms in total. The van der Waals surface area contributed by atoms with Gasteiger partial charge >= 0.3 is 11.9 Å². The van der Waals surface area contributed by atoms with E-state index in [2.05, 4.69) is 74.6 Å². The molecule has 0 saturated carbocycles. The van der Waals surface area contributed by atoms with Crippen LogP contribution in [0.2, 0.25) is 0 Å². The van der Waals surface area contributed by atoms with Crippen molar-refractivity contribution in [1.29, 1.82) is 0 Å². The number of likely N-dealkylation sites (N-methyl/N-ethyl adjacent to an activating group) is 1. The van der Waals surface area contributed by atoms with E-state index >= 15 is 0 Å². The minimum Gasteiger partial charge on any atom is -0.545 e. The highest BCUT2D eigenvalue weighted by Gasteiger charge is 2.21. The topological polar surface area (TPSA) is 111 Å². The Hall–Kier alpha value is -3.01. The zero-order chi connectivity index (χ0) is 40.7. The van der Waals surface area contributed by atoms with Crippen molar-refractivity contribution in [2.24, 2.45) is 0 Å². The van der Waals surface area contributed by atoms with Crippen LogP contribution in [0, 0.1) is 0 Å². The Morgan fingerprint density at radius 3 is 1.55 bits per heavy atom. The Morgan fingerprint density at radius 2 is 1.04 bits per heavy atom. The number of aliphatic carboxylic acids is 1. The summed E-state index contributed by atoms with van der Waals surface area (Å²) in [5, 5.41) is 11.7. The molecule has 9 heteroatoms. The number of allylic oxidation sites excluding steroid dienone is 10. The first-order valence-corrected chi connectivity index (χ1v) is 21.4. The highest BCUT2D eigenvalue weighted by Crippen LogP contribution is 2.12. The molecule has 0 spiro atoms. The Balaban J connectivity index is 4.54. The van der Waals surface area contributed by atoms with E-state index < -0.39 is 24.3 Å². The minimum atomic E-state index is -1.63. The van der Waals surface area contributed by atoms with E-state index in [0.29, 0.717) is 17.4 Å². The molecule has 0 aliphatic carbocycles. The van der Waals surface area contributed by atoms with Gasteiger partial charge in [-0.05, 0) is 77.0 Å². The molecule has 0 aromatic carbocycles. The molecule has 0 saturated heterocycles. The number of hydrogen-bond donors (Lipinski definition) is 0. The van der Waals surface area contributed by atoms with E-state index in [0.717, 1.165) is 96.3 Å². The normalized spacial score (nSPS) is 13.5. The first kappa shape index (κ1) is 52.0. The molecular weight excluding hydrogens is 695 g/mol. The summed E-state index contributed by atoms with van der Waals surface area (Å²) < 4.78 is 22.5. The van der Waals surface area contributed by atoms with Crippen molar-refractivity contribution in [1.82, 2.24) is 0 Å². The van der Waals surface area contributed by atoms with Gasteiger partial charge in [0.15, 0.2) is 12.4 Å². The Bertz CT molecular complexity index is 1090. The van der Waals surface area contributed by atoms with Crippen LogP contribution in [0.3, 0.4) is 0 Å². The molecule has 2 unspecified atom stereocenters. The van der Waals surface area contributed by atoms with Crippen molar-refractivity contribution >= 4 is 17.9 Å². The summed E-state index contributed by atoms with van der Waals surface area (Å²) in [6, 6.07) is 0. The van der Waals surface area contributed by atoms with Crippen molar-refractivity contribution in [2.45, 2.75) is 167 Å². The molecular formula is C46H79NO8. The van der Waals surface area contributed by atoms with E-state index in [-0.39, 0.29) is 38.6 Å². The van der Waals surface area contributed by atoms with E-state index in [1.807, 2.05) is 21.1 Å². The smallest absolute Gasteiger partial charge is 0.306 e. The first-order valence-electron chi connectivity index (χ1n) is 21.4. The van der Waals surface area contributed by atoms with E-state index in [9.17, 15) is 19.5 Å².